The van der Waals surface area contributed by atoms with Crippen molar-refractivity contribution in [1.82, 2.24) is 0 Å². The zero-order valence-electron chi connectivity index (χ0n) is 8.45. The third-order valence-electron chi connectivity index (χ3n) is 2.88. The Morgan fingerprint density at radius 1 is 1.54 bits per heavy atom. The van der Waals surface area contributed by atoms with E-state index in [1.165, 1.54) is 0 Å². The van der Waals surface area contributed by atoms with E-state index in [-0.39, 0.29) is 17.9 Å². The molecule has 0 amide bonds. The number of carbonyl (C=O) groups excluding carboxylic acids is 1. The van der Waals surface area contributed by atoms with Gasteiger partial charge in [-0.1, -0.05) is 6.92 Å². The summed E-state index contributed by atoms with van der Waals surface area (Å²) in [5, 5.41) is 0. The van der Waals surface area contributed by atoms with Crippen molar-refractivity contribution in [3.05, 3.63) is 0 Å². The molecule has 0 saturated heterocycles. The largest absolute Gasteiger partial charge is 0.466 e. The van der Waals surface area contributed by atoms with Crippen LogP contribution in [0.2, 0.25) is 0 Å². The summed E-state index contributed by atoms with van der Waals surface area (Å²) in [6.07, 6.45) is 2.78. The van der Waals surface area contributed by atoms with Gasteiger partial charge in [0.25, 0.3) is 0 Å². The van der Waals surface area contributed by atoms with Gasteiger partial charge in [-0.3, -0.25) is 4.79 Å². The molecule has 13 heavy (non-hydrogen) atoms. The standard InChI is InChI=1S/C10H19NO2/c1-3-13-10(12)8-5-4-7(2)9(11)6-8/h7-9H,3-6,11H2,1-2H3. The molecule has 0 aromatic rings. The molecule has 2 N–H and O–H groups in total. The Balaban J connectivity index is 2.40. The number of esters is 1. The highest BCUT2D eigenvalue weighted by molar-refractivity contribution is 5.72. The molecule has 1 rings (SSSR count). The van der Waals surface area contributed by atoms with Gasteiger partial charge in [0.15, 0.2) is 0 Å². The summed E-state index contributed by atoms with van der Waals surface area (Å²) < 4.78 is 4.97. The molecule has 3 nitrogen and oxygen atoms in total. The average Bonchev–Trinajstić information content (AvgIpc) is 2.10. The van der Waals surface area contributed by atoms with E-state index in [2.05, 4.69) is 6.92 Å². The predicted molar refractivity (Wildman–Crippen MR) is 51.1 cm³/mol. The van der Waals surface area contributed by atoms with E-state index in [1.807, 2.05) is 6.92 Å². The highest BCUT2D eigenvalue weighted by Gasteiger charge is 2.30. The van der Waals surface area contributed by atoms with Gasteiger partial charge in [0, 0.05) is 6.04 Å². The van der Waals surface area contributed by atoms with E-state index in [4.69, 9.17) is 10.5 Å². The molecule has 1 aliphatic rings. The Kier molecular flexibility index (Phi) is 3.72. The van der Waals surface area contributed by atoms with Gasteiger partial charge in [-0.05, 0) is 32.1 Å². The van der Waals surface area contributed by atoms with E-state index < -0.39 is 0 Å². The van der Waals surface area contributed by atoms with Gasteiger partial charge < -0.3 is 10.5 Å². The van der Waals surface area contributed by atoms with Crippen LogP contribution in [0.15, 0.2) is 0 Å². The minimum absolute atomic E-state index is 0.0474. The molecule has 1 aliphatic carbocycles. The summed E-state index contributed by atoms with van der Waals surface area (Å²) in [6.45, 7) is 4.45. The lowest BCUT2D eigenvalue weighted by Crippen LogP contribution is -2.38. The Bertz CT molecular complexity index is 182. The molecule has 0 aromatic carbocycles. The minimum atomic E-state index is -0.0650. The molecule has 0 aromatic heterocycles. The second kappa shape index (κ2) is 4.61. The molecular formula is C10H19NO2. The van der Waals surface area contributed by atoms with Gasteiger partial charge in [0.05, 0.1) is 12.5 Å². The first-order valence-electron chi connectivity index (χ1n) is 5.07. The van der Waals surface area contributed by atoms with Crippen molar-refractivity contribution >= 4 is 5.97 Å². The molecule has 3 atom stereocenters. The van der Waals surface area contributed by atoms with Crippen LogP contribution in [0.3, 0.4) is 0 Å². The molecule has 0 aliphatic heterocycles. The Morgan fingerprint density at radius 3 is 2.77 bits per heavy atom. The summed E-state index contributed by atoms with van der Waals surface area (Å²) in [5.74, 6) is 0.529. The molecular weight excluding hydrogens is 166 g/mol. The zero-order valence-corrected chi connectivity index (χ0v) is 8.45. The zero-order chi connectivity index (χ0) is 9.84. The number of rotatable bonds is 2. The molecule has 0 heterocycles. The van der Waals surface area contributed by atoms with E-state index >= 15 is 0 Å². The fraction of sp³-hybridized carbons (Fsp3) is 0.900. The van der Waals surface area contributed by atoms with Crippen molar-refractivity contribution < 1.29 is 9.53 Å². The lowest BCUT2D eigenvalue weighted by atomic mass is 9.80. The van der Waals surface area contributed by atoms with Crippen LogP contribution < -0.4 is 5.73 Å². The molecule has 1 saturated carbocycles. The average molecular weight is 185 g/mol. The number of carbonyl (C=O) groups is 1. The van der Waals surface area contributed by atoms with Crippen molar-refractivity contribution in [1.29, 1.82) is 0 Å². The Labute approximate surface area is 79.6 Å². The van der Waals surface area contributed by atoms with Crippen LogP contribution >= 0.6 is 0 Å². The molecule has 0 radical (unpaired) electrons. The van der Waals surface area contributed by atoms with Gasteiger partial charge in [-0.2, -0.15) is 0 Å². The number of ether oxygens (including phenoxy) is 1. The number of hydrogen-bond donors (Lipinski definition) is 1. The summed E-state index contributed by atoms with van der Waals surface area (Å²) in [4.78, 5) is 11.4. The molecule has 3 unspecified atom stereocenters. The van der Waals surface area contributed by atoms with Crippen molar-refractivity contribution in [2.45, 2.75) is 39.2 Å². The van der Waals surface area contributed by atoms with Gasteiger partial charge in [0.2, 0.25) is 0 Å². The monoisotopic (exact) mass is 185 g/mol. The third kappa shape index (κ3) is 2.69. The highest BCUT2D eigenvalue weighted by atomic mass is 16.5. The summed E-state index contributed by atoms with van der Waals surface area (Å²) >= 11 is 0. The van der Waals surface area contributed by atoms with Crippen molar-refractivity contribution in [3.8, 4) is 0 Å². The smallest absolute Gasteiger partial charge is 0.308 e. The first kappa shape index (κ1) is 10.5. The highest BCUT2D eigenvalue weighted by Crippen LogP contribution is 2.28. The van der Waals surface area contributed by atoms with Crippen molar-refractivity contribution in [3.63, 3.8) is 0 Å². The lowest BCUT2D eigenvalue weighted by Gasteiger charge is -2.30. The fourth-order valence-electron chi connectivity index (χ4n) is 1.83. The maximum absolute atomic E-state index is 11.4. The number of nitrogens with two attached hydrogens (primary N) is 1. The Morgan fingerprint density at radius 2 is 2.23 bits per heavy atom. The molecule has 0 bridgehead atoms. The SMILES string of the molecule is CCOC(=O)C1CCC(C)C(N)C1. The molecule has 1 fully saturated rings. The maximum atomic E-state index is 11.4. The van der Waals surface area contributed by atoms with E-state index in [9.17, 15) is 4.79 Å². The predicted octanol–water partition coefficient (Wildman–Crippen LogP) is 1.31. The van der Waals surface area contributed by atoms with Crippen molar-refractivity contribution in [2.75, 3.05) is 6.61 Å². The third-order valence-corrected chi connectivity index (χ3v) is 2.88. The fourth-order valence-corrected chi connectivity index (χ4v) is 1.83. The van der Waals surface area contributed by atoms with E-state index in [0.717, 1.165) is 19.3 Å². The van der Waals surface area contributed by atoms with Crippen LogP contribution in [0, 0.1) is 11.8 Å². The van der Waals surface area contributed by atoms with Gasteiger partial charge in [-0.25, -0.2) is 0 Å². The first-order valence-corrected chi connectivity index (χ1v) is 5.07. The molecule has 3 heteroatoms. The Hall–Kier alpha value is -0.570. The van der Waals surface area contributed by atoms with Crippen molar-refractivity contribution in [2.24, 2.45) is 17.6 Å². The molecule has 0 spiro atoms. The minimum Gasteiger partial charge on any atom is -0.466 e. The van der Waals surface area contributed by atoms with Crippen LogP contribution in [0.4, 0.5) is 0 Å². The quantitative estimate of drug-likeness (QED) is 0.660. The van der Waals surface area contributed by atoms with Gasteiger partial charge >= 0.3 is 5.97 Å². The summed E-state index contributed by atoms with van der Waals surface area (Å²) in [6, 6.07) is 0.170. The van der Waals surface area contributed by atoms with Gasteiger partial charge in [0.1, 0.15) is 0 Å². The van der Waals surface area contributed by atoms with Crippen LogP contribution in [0.5, 0.6) is 0 Å². The number of hydrogen-bond acceptors (Lipinski definition) is 3. The second-order valence-electron chi connectivity index (χ2n) is 3.90. The second-order valence-corrected chi connectivity index (χ2v) is 3.90. The van der Waals surface area contributed by atoms with E-state index in [1.54, 1.807) is 0 Å². The van der Waals surface area contributed by atoms with Crippen LogP contribution in [-0.4, -0.2) is 18.6 Å². The summed E-state index contributed by atoms with van der Waals surface area (Å²) in [7, 11) is 0. The first-order chi connectivity index (χ1) is 6.15. The van der Waals surface area contributed by atoms with Crippen LogP contribution in [0.25, 0.3) is 0 Å². The van der Waals surface area contributed by atoms with Gasteiger partial charge in [-0.15, -0.1) is 0 Å². The topological polar surface area (TPSA) is 52.3 Å². The van der Waals surface area contributed by atoms with E-state index in [0.29, 0.717) is 12.5 Å². The van der Waals surface area contributed by atoms with Crippen LogP contribution in [0.1, 0.15) is 33.1 Å². The maximum Gasteiger partial charge on any atom is 0.308 e. The normalized spacial score (nSPS) is 34.2. The van der Waals surface area contributed by atoms with Crippen LogP contribution in [-0.2, 0) is 9.53 Å². The molecule has 76 valence electrons. The summed E-state index contributed by atoms with van der Waals surface area (Å²) in [5.41, 5.74) is 5.89. The lowest BCUT2D eigenvalue weighted by molar-refractivity contribution is -0.149.